The van der Waals surface area contributed by atoms with Crippen LogP contribution in [0.4, 0.5) is 0 Å². The fourth-order valence-electron chi connectivity index (χ4n) is 7.66. The molecule has 0 aromatic carbocycles. The third-order valence-corrected chi connectivity index (χ3v) is 9.10. The topological polar surface area (TPSA) is 46.5 Å². The van der Waals surface area contributed by atoms with Crippen LogP contribution in [-0.2, 0) is 9.53 Å². The Morgan fingerprint density at radius 1 is 1.08 bits per heavy atom. The van der Waals surface area contributed by atoms with Crippen LogP contribution in [0.25, 0.3) is 0 Å². The monoisotopic (exact) mass is 356 g/mol. The van der Waals surface area contributed by atoms with E-state index in [-0.39, 0.29) is 17.5 Å². The lowest BCUT2D eigenvalue weighted by Crippen LogP contribution is -2.48. The van der Waals surface area contributed by atoms with Gasteiger partial charge in [0.05, 0.1) is 6.10 Å². The molecule has 142 valence electrons. The van der Waals surface area contributed by atoms with Gasteiger partial charge in [-0.05, 0) is 91.9 Å². The van der Waals surface area contributed by atoms with Crippen LogP contribution >= 0.6 is 0 Å². The van der Waals surface area contributed by atoms with Gasteiger partial charge in [0, 0.05) is 6.08 Å². The molecule has 0 amide bonds. The number of fused-ring (bicyclic) bond motifs is 4. The Morgan fingerprint density at radius 2 is 1.92 bits per heavy atom. The molecule has 3 fully saturated rings. The van der Waals surface area contributed by atoms with Crippen LogP contribution in [0.2, 0.25) is 0 Å². The van der Waals surface area contributed by atoms with Crippen LogP contribution in [-0.4, -0.2) is 23.8 Å². The van der Waals surface area contributed by atoms with E-state index in [1.54, 1.807) is 17.2 Å². The number of aliphatic hydroxyl groups excluding tert-OH is 1. The summed E-state index contributed by atoms with van der Waals surface area (Å²) in [5.41, 5.74) is 5.40. The molecule has 3 nitrogen and oxygen atoms in total. The molecule has 1 heterocycles. The molecule has 4 aliphatic carbocycles. The van der Waals surface area contributed by atoms with Crippen molar-refractivity contribution in [3.05, 3.63) is 22.8 Å². The number of carbonyl (C=O) groups excluding carboxylic acids is 1. The smallest absolute Gasteiger partial charge is 0.331 e. The number of esters is 1. The molecule has 5 rings (SSSR count). The zero-order chi connectivity index (χ0) is 18.1. The minimum absolute atomic E-state index is 0.0705. The Labute approximate surface area is 156 Å². The molecule has 1 N–H and O–H groups in total. The highest BCUT2D eigenvalue weighted by Gasteiger charge is 2.55. The number of cyclic esters (lactones) is 1. The summed E-state index contributed by atoms with van der Waals surface area (Å²) in [6, 6.07) is 0. The maximum atomic E-state index is 11.6. The van der Waals surface area contributed by atoms with Gasteiger partial charge in [0.25, 0.3) is 0 Å². The second-order valence-electron chi connectivity index (χ2n) is 10.1. The van der Waals surface area contributed by atoms with E-state index in [1.807, 2.05) is 0 Å². The Hall–Kier alpha value is -1.09. The van der Waals surface area contributed by atoms with Gasteiger partial charge in [-0.15, -0.1) is 0 Å². The van der Waals surface area contributed by atoms with Gasteiger partial charge in [0.15, 0.2) is 0 Å². The van der Waals surface area contributed by atoms with E-state index in [1.165, 1.54) is 50.5 Å². The van der Waals surface area contributed by atoms with E-state index >= 15 is 0 Å². The van der Waals surface area contributed by atoms with Crippen molar-refractivity contribution in [1.82, 2.24) is 0 Å². The molecule has 0 saturated heterocycles. The lowest BCUT2D eigenvalue weighted by Gasteiger charge is -2.56. The molecule has 0 bridgehead atoms. The predicted molar refractivity (Wildman–Crippen MR) is 100 cm³/mol. The molecule has 26 heavy (non-hydrogen) atoms. The van der Waals surface area contributed by atoms with E-state index in [9.17, 15) is 9.90 Å². The maximum absolute atomic E-state index is 11.6. The summed E-state index contributed by atoms with van der Waals surface area (Å²) in [4.78, 5) is 11.6. The summed E-state index contributed by atoms with van der Waals surface area (Å²) in [7, 11) is 0. The third-order valence-electron chi connectivity index (χ3n) is 9.10. The van der Waals surface area contributed by atoms with Crippen molar-refractivity contribution >= 4 is 5.97 Å². The highest BCUT2D eigenvalue weighted by atomic mass is 16.5. The summed E-state index contributed by atoms with van der Waals surface area (Å²) < 4.78 is 5.23. The first-order chi connectivity index (χ1) is 12.4. The van der Waals surface area contributed by atoms with Gasteiger partial charge in [-0.25, -0.2) is 4.79 Å². The quantitative estimate of drug-likeness (QED) is 0.554. The average Bonchev–Trinajstić information content (AvgIpc) is 3.18. The first-order valence-electron chi connectivity index (χ1n) is 10.7. The van der Waals surface area contributed by atoms with Crippen LogP contribution in [0.1, 0.15) is 71.6 Å². The minimum atomic E-state index is -0.146. The van der Waals surface area contributed by atoms with Gasteiger partial charge < -0.3 is 9.84 Å². The molecule has 0 spiro atoms. The molecule has 0 aromatic heterocycles. The zero-order valence-corrected chi connectivity index (χ0v) is 16.2. The average molecular weight is 357 g/mol. The summed E-state index contributed by atoms with van der Waals surface area (Å²) in [5, 5.41) is 10.2. The molecule has 0 radical (unpaired) electrons. The van der Waals surface area contributed by atoms with Crippen molar-refractivity contribution in [3.63, 3.8) is 0 Å². The van der Waals surface area contributed by atoms with Crippen molar-refractivity contribution in [2.45, 2.75) is 77.7 Å². The Bertz CT molecular complexity index is 704. The number of aliphatic hydroxyl groups is 1. The van der Waals surface area contributed by atoms with Crippen molar-refractivity contribution in [1.29, 1.82) is 0 Å². The largest absolute Gasteiger partial charge is 0.458 e. The molecule has 3 saturated carbocycles. The van der Waals surface area contributed by atoms with Gasteiger partial charge in [-0.2, -0.15) is 0 Å². The van der Waals surface area contributed by atoms with Crippen LogP contribution in [0, 0.1) is 28.6 Å². The summed E-state index contributed by atoms with van der Waals surface area (Å²) in [6.07, 6.45) is 12.3. The fourth-order valence-corrected chi connectivity index (χ4v) is 7.66. The zero-order valence-electron chi connectivity index (χ0n) is 16.2. The lowest BCUT2D eigenvalue weighted by atomic mass is 9.49. The molecule has 0 aromatic rings. The second kappa shape index (κ2) is 5.70. The standard InChI is InChI=1S/C23H32O3/c1-22-9-7-16(24)12-15(22)3-4-17-19-6-5-18(14-11-21(25)26-13-14)23(19,2)10-8-20(17)22/h11,15-16,18,20,24H,3-10,12-13H2,1-2H3/t15-,16+,18-,20+,22+,23-/m1/s1. The van der Waals surface area contributed by atoms with E-state index < -0.39 is 0 Å². The molecule has 1 aliphatic heterocycles. The first kappa shape index (κ1) is 17.0. The number of allylic oxidation sites excluding steroid dienone is 2. The van der Waals surface area contributed by atoms with Crippen LogP contribution in [0.5, 0.6) is 0 Å². The molecule has 3 heteroatoms. The summed E-state index contributed by atoms with van der Waals surface area (Å²) in [5.74, 6) is 1.78. The number of rotatable bonds is 1. The second-order valence-corrected chi connectivity index (χ2v) is 10.1. The highest BCUT2D eigenvalue weighted by molar-refractivity contribution is 5.85. The van der Waals surface area contributed by atoms with E-state index in [0.29, 0.717) is 23.9 Å². The van der Waals surface area contributed by atoms with Gasteiger partial charge in [0.2, 0.25) is 0 Å². The minimum Gasteiger partial charge on any atom is -0.458 e. The Kier molecular flexibility index (Phi) is 3.74. The predicted octanol–water partition coefficient (Wildman–Crippen LogP) is 4.55. The molecular formula is C23H32O3. The van der Waals surface area contributed by atoms with E-state index in [4.69, 9.17) is 4.74 Å². The number of carbonyl (C=O) groups is 1. The van der Waals surface area contributed by atoms with Gasteiger partial charge >= 0.3 is 5.97 Å². The molecule has 6 atom stereocenters. The van der Waals surface area contributed by atoms with Crippen LogP contribution in [0.15, 0.2) is 22.8 Å². The van der Waals surface area contributed by atoms with Crippen LogP contribution < -0.4 is 0 Å². The summed E-state index contributed by atoms with van der Waals surface area (Å²) in [6.45, 7) is 5.50. The van der Waals surface area contributed by atoms with Crippen molar-refractivity contribution < 1.29 is 14.6 Å². The highest BCUT2D eigenvalue weighted by Crippen LogP contribution is 2.65. The lowest BCUT2D eigenvalue weighted by molar-refractivity contribution is -0.135. The summed E-state index contributed by atoms with van der Waals surface area (Å²) >= 11 is 0. The van der Waals surface area contributed by atoms with Crippen LogP contribution in [0.3, 0.4) is 0 Å². The third kappa shape index (κ3) is 2.25. The van der Waals surface area contributed by atoms with Gasteiger partial charge in [-0.3, -0.25) is 0 Å². The van der Waals surface area contributed by atoms with Crippen molar-refractivity contribution in [2.24, 2.45) is 28.6 Å². The maximum Gasteiger partial charge on any atom is 0.331 e. The number of hydrogen-bond donors (Lipinski definition) is 1. The fraction of sp³-hybridized carbons (Fsp3) is 0.783. The first-order valence-corrected chi connectivity index (χ1v) is 10.7. The Morgan fingerprint density at radius 3 is 2.69 bits per heavy atom. The number of ether oxygens (including phenoxy) is 1. The van der Waals surface area contributed by atoms with Crippen molar-refractivity contribution in [2.75, 3.05) is 6.61 Å². The number of hydrogen-bond acceptors (Lipinski definition) is 3. The van der Waals surface area contributed by atoms with Crippen molar-refractivity contribution in [3.8, 4) is 0 Å². The van der Waals surface area contributed by atoms with E-state index in [2.05, 4.69) is 13.8 Å². The molecular weight excluding hydrogens is 324 g/mol. The normalized spacial score (nSPS) is 47.8. The molecule has 5 aliphatic rings. The SMILES string of the molecule is C[C@]12CC[C@H](O)C[C@H]1CCC1=C3CC[C@H](C4=CC(=O)OC4)[C@@]3(C)CC[C@@H]12. The molecule has 0 unspecified atom stereocenters. The van der Waals surface area contributed by atoms with Gasteiger partial charge in [0.1, 0.15) is 6.61 Å². The Balaban J connectivity index is 1.50. The van der Waals surface area contributed by atoms with Gasteiger partial charge in [-0.1, -0.05) is 25.0 Å². The van der Waals surface area contributed by atoms with E-state index in [0.717, 1.165) is 18.8 Å².